The zero-order chi connectivity index (χ0) is 15.8. The van der Waals surface area contributed by atoms with Gasteiger partial charge in [0.25, 0.3) is 0 Å². The molecule has 1 aliphatic heterocycles. The van der Waals surface area contributed by atoms with E-state index in [1.54, 1.807) is 11.3 Å². The lowest BCUT2D eigenvalue weighted by Crippen LogP contribution is -2.42. The second kappa shape index (κ2) is 5.83. The second-order valence-corrected chi connectivity index (χ2v) is 6.82. The number of fused-ring (bicyclic) bond motifs is 1. The van der Waals surface area contributed by atoms with Crippen LogP contribution in [0.15, 0.2) is 53.0 Å². The molecule has 3 heterocycles. The molecule has 4 rings (SSSR count). The summed E-state index contributed by atoms with van der Waals surface area (Å²) in [6.45, 7) is 2.64. The minimum absolute atomic E-state index is 0.430. The van der Waals surface area contributed by atoms with Crippen LogP contribution in [0, 0.1) is 6.92 Å². The van der Waals surface area contributed by atoms with E-state index >= 15 is 0 Å². The molecule has 0 bridgehead atoms. The molecule has 1 atom stereocenters. The summed E-state index contributed by atoms with van der Waals surface area (Å²) in [5.74, 6) is 0. The predicted octanol–water partition coefficient (Wildman–Crippen LogP) is 4.01. The quantitative estimate of drug-likeness (QED) is 0.532. The Morgan fingerprint density at radius 2 is 2.04 bits per heavy atom. The topological polar surface area (TPSA) is 33.4 Å². The van der Waals surface area contributed by atoms with Crippen LogP contribution >= 0.6 is 22.9 Å². The van der Waals surface area contributed by atoms with Crippen LogP contribution in [0.5, 0.6) is 0 Å². The van der Waals surface area contributed by atoms with Crippen LogP contribution in [0.2, 0.25) is 0 Å². The highest BCUT2D eigenvalue weighted by Gasteiger charge is 2.24. The van der Waals surface area contributed by atoms with E-state index in [9.17, 15) is 0 Å². The van der Waals surface area contributed by atoms with E-state index in [0.717, 1.165) is 22.0 Å². The second-order valence-electron chi connectivity index (χ2n) is 5.37. The van der Waals surface area contributed by atoms with Crippen molar-refractivity contribution in [3.8, 4) is 11.1 Å². The van der Waals surface area contributed by atoms with Gasteiger partial charge in [-0.2, -0.15) is 0 Å². The first kappa shape index (κ1) is 14.5. The van der Waals surface area contributed by atoms with Gasteiger partial charge in [0.15, 0.2) is 0 Å². The molecule has 0 amide bonds. The smallest absolute Gasteiger partial charge is 0.211 e. The van der Waals surface area contributed by atoms with Crippen molar-refractivity contribution in [3.05, 3.63) is 64.4 Å². The van der Waals surface area contributed by atoms with Gasteiger partial charge in [-0.25, -0.2) is 9.98 Å². The predicted molar refractivity (Wildman–Crippen MR) is 95.9 cm³/mol. The number of halogens is 1. The number of hydrogen-bond donors (Lipinski definition) is 0. The third-order valence-corrected chi connectivity index (χ3v) is 4.98. The maximum atomic E-state index is 6.41. The summed E-state index contributed by atoms with van der Waals surface area (Å²) >= 11 is 8.05. The lowest BCUT2D eigenvalue weighted by molar-refractivity contribution is 0.545. The molecule has 1 aliphatic rings. The van der Waals surface area contributed by atoms with E-state index in [-0.39, 0.29) is 0 Å². The summed E-state index contributed by atoms with van der Waals surface area (Å²) in [6, 6.07) is 12.4. The minimum Gasteiger partial charge on any atom is -0.269 e. The molecule has 0 spiro atoms. The van der Waals surface area contributed by atoms with Gasteiger partial charge in [0, 0.05) is 17.1 Å². The molecule has 0 fully saturated rings. The van der Waals surface area contributed by atoms with Crippen LogP contribution in [0.25, 0.3) is 11.1 Å². The summed E-state index contributed by atoms with van der Waals surface area (Å²) in [4.78, 5) is 8.97. The van der Waals surface area contributed by atoms with Crippen LogP contribution in [-0.2, 0) is 6.54 Å². The third-order valence-electron chi connectivity index (χ3n) is 3.82. The number of thiazole rings is 1. The molecule has 116 valence electrons. The number of aryl methyl sites for hydroxylation is 1. The zero-order valence-electron chi connectivity index (χ0n) is 12.6. The molecule has 3 aromatic rings. The fourth-order valence-electron chi connectivity index (χ4n) is 2.76. The summed E-state index contributed by atoms with van der Waals surface area (Å²) in [5, 5.41) is 5.14. The summed E-state index contributed by atoms with van der Waals surface area (Å²) < 4.78 is 2.07. The molecule has 0 N–H and O–H groups in total. The van der Waals surface area contributed by atoms with Crippen LogP contribution < -0.4 is 5.01 Å². The molecule has 4 nitrogen and oxygen atoms in total. The first-order valence-electron chi connectivity index (χ1n) is 7.34. The lowest BCUT2D eigenvalue weighted by Gasteiger charge is -2.31. The van der Waals surface area contributed by atoms with Crippen molar-refractivity contribution in [2.45, 2.75) is 19.1 Å². The fourth-order valence-corrected chi connectivity index (χ4v) is 3.58. The van der Waals surface area contributed by atoms with Crippen molar-refractivity contribution in [3.63, 3.8) is 0 Å². The van der Waals surface area contributed by atoms with Crippen LogP contribution in [0.3, 0.4) is 0 Å². The lowest BCUT2D eigenvalue weighted by atomic mass is 10.1. The molecule has 23 heavy (non-hydrogen) atoms. The SMILES string of the molecule is Cc1nc(CN2C(Cl)N=Cc3c(-c4ccccc4)ccn32)cs1. The Kier molecular flexibility index (Phi) is 3.67. The fraction of sp³-hybridized carbons (Fsp3) is 0.176. The molecule has 6 heteroatoms. The average molecular weight is 343 g/mol. The van der Waals surface area contributed by atoms with Gasteiger partial charge < -0.3 is 0 Å². The molecule has 2 aromatic heterocycles. The van der Waals surface area contributed by atoms with E-state index in [0.29, 0.717) is 6.54 Å². The maximum Gasteiger partial charge on any atom is 0.211 e. The van der Waals surface area contributed by atoms with Crippen molar-refractivity contribution in [1.82, 2.24) is 9.66 Å². The molecule has 0 radical (unpaired) electrons. The van der Waals surface area contributed by atoms with Gasteiger partial charge in [-0.1, -0.05) is 41.9 Å². The largest absolute Gasteiger partial charge is 0.269 e. The van der Waals surface area contributed by atoms with E-state index in [1.807, 2.05) is 42.5 Å². The van der Waals surface area contributed by atoms with Gasteiger partial charge in [0.1, 0.15) is 0 Å². The van der Waals surface area contributed by atoms with E-state index < -0.39 is 5.62 Å². The van der Waals surface area contributed by atoms with Gasteiger partial charge in [0.2, 0.25) is 5.62 Å². The standard InChI is InChI=1S/C17H15ClN4S/c1-12-20-14(11-23-12)10-22-17(18)19-9-16-15(7-8-21(16)22)13-5-3-2-4-6-13/h2-9,11,17H,10H2,1H3. The third kappa shape index (κ3) is 2.66. The molecule has 1 unspecified atom stereocenters. The van der Waals surface area contributed by atoms with Gasteiger partial charge in [-0.15, -0.1) is 11.3 Å². The molecule has 0 saturated heterocycles. The average Bonchev–Trinajstić information content (AvgIpc) is 3.17. The Morgan fingerprint density at radius 1 is 1.22 bits per heavy atom. The van der Waals surface area contributed by atoms with E-state index in [1.165, 1.54) is 5.56 Å². The Balaban J connectivity index is 1.72. The summed E-state index contributed by atoms with van der Waals surface area (Å²) in [5.41, 5.74) is 3.94. The molecular formula is C17H15ClN4S. The minimum atomic E-state index is -0.430. The highest BCUT2D eigenvalue weighted by atomic mass is 35.5. The van der Waals surface area contributed by atoms with Crippen LogP contribution in [-0.4, -0.2) is 21.5 Å². The number of benzene rings is 1. The van der Waals surface area contributed by atoms with Crippen LogP contribution in [0.1, 0.15) is 16.4 Å². The van der Waals surface area contributed by atoms with E-state index in [2.05, 4.69) is 38.2 Å². The number of rotatable bonds is 3. The van der Waals surface area contributed by atoms with Gasteiger partial charge in [-0.05, 0) is 18.6 Å². The van der Waals surface area contributed by atoms with Crippen molar-refractivity contribution in [1.29, 1.82) is 0 Å². The zero-order valence-corrected chi connectivity index (χ0v) is 14.1. The molecule has 0 saturated carbocycles. The van der Waals surface area contributed by atoms with Crippen molar-refractivity contribution in [2.75, 3.05) is 5.01 Å². The molecule has 0 aliphatic carbocycles. The van der Waals surface area contributed by atoms with Gasteiger partial charge in [-0.3, -0.25) is 9.69 Å². The molecule has 1 aromatic carbocycles. The summed E-state index contributed by atoms with van der Waals surface area (Å²) in [7, 11) is 0. The van der Waals surface area contributed by atoms with Crippen molar-refractivity contribution < 1.29 is 0 Å². The first-order chi connectivity index (χ1) is 11.2. The number of hydrogen-bond acceptors (Lipinski definition) is 4. The molecular weight excluding hydrogens is 328 g/mol. The number of aromatic nitrogens is 2. The Morgan fingerprint density at radius 3 is 2.78 bits per heavy atom. The highest BCUT2D eigenvalue weighted by Crippen LogP contribution is 2.28. The maximum absolute atomic E-state index is 6.41. The Hall–Kier alpha value is -2.11. The normalized spacial score (nSPS) is 16.6. The van der Waals surface area contributed by atoms with E-state index in [4.69, 9.17) is 11.6 Å². The first-order valence-corrected chi connectivity index (χ1v) is 8.66. The van der Waals surface area contributed by atoms with Gasteiger partial charge in [0.05, 0.1) is 29.2 Å². The van der Waals surface area contributed by atoms with Crippen LogP contribution in [0.4, 0.5) is 0 Å². The van der Waals surface area contributed by atoms with Crippen molar-refractivity contribution >= 4 is 29.2 Å². The number of aliphatic imine (C=N–C) groups is 1. The highest BCUT2D eigenvalue weighted by molar-refractivity contribution is 7.09. The number of nitrogens with zero attached hydrogens (tertiary/aromatic N) is 4. The number of alkyl halides is 1. The Bertz CT molecular complexity index is 853. The summed E-state index contributed by atoms with van der Waals surface area (Å²) in [6.07, 6.45) is 3.89. The monoisotopic (exact) mass is 342 g/mol. The Labute approximate surface area is 143 Å². The van der Waals surface area contributed by atoms with Crippen molar-refractivity contribution in [2.24, 2.45) is 4.99 Å². The van der Waals surface area contributed by atoms with Gasteiger partial charge >= 0.3 is 0 Å².